The summed E-state index contributed by atoms with van der Waals surface area (Å²) in [5, 5.41) is 2.95. The van der Waals surface area contributed by atoms with E-state index in [0.717, 1.165) is 12.0 Å². The van der Waals surface area contributed by atoms with Gasteiger partial charge >= 0.3 is 0 Å². The van der Waals surface area contributed by atoms with E-state index < -0.39 is 11.7 Å². The molecule has 1 aromatic heterocycles. The molecule has 0 saturated carbocycles. The summed E-state index contributed by atoms with van der Waals surface area (Å²) in [4.78, 5) is 29.4. The maximum absolute atomic E-state index is 14.0. The lowest BCUT2D eigenvalue weighted by molar-refractivity contribution is -0.131. The van der Waals surface area contributed by atoms with Crippen molar-refractivity contribution in [2.24, 2.45) is 0 Å². The Kier molecular flexibility index (Phi) is 4.70. The summed E-state index contributed by atoms with van der Waals surface area (Å²) >= 11 is 3.22. The lowest BCUT2D eigenvalue weighted by Gasteiger charge is -2.28. The van der Waals surface area contributed by atoms with Crippen molar-refractivity contribution in [2.45, 2.75) is 13.0 Å². The average Bonchev–Trinajstić information content (AvgIpc) is 3.10. The van der Waals surface area contributed by atoms with Crippen LogP contribution in [0.2, 0.25) is 0 Å². The highest BCUT2D eigenvalue weighted by atomic mass is 79.9. The zero-order chi connectivity index (χ0) is 19.0. The zero-order valence-electron chi connectivity index (χ0n) is 14.4. The predicted molar refractivity (Wildman–Crippen MR) is 104 cm³/mol. The van der Waals surface area contributed by atoms with Crippen LogP contribution in [0.5, 0.6) is 0 Å². The largest absolute Gasteiger partial charge is 0.350 e. The summed E-state index contributed by atoms with van der Waals surface area (Å²) in [6, 6.07) is 12.5. The van der Waals surface area contributed by atoms with Crippen molar-refractivity contribution >= 4 is 38.6 Å². The summed E-state index contributed by atoms with van der Waals surface area (Å²) in [7, 11) is 0. The number of hydrogen-bond acceptors (Lipinski definition) is 2. The number of halogens is 2. The first-order chi connectivity index (χ1) is 13.0. The van der Waals surface area contributed by atoms with Gasteiger partial charge in [-0.2, -0.15) is 0 Å². The lowest BCUT2D eigenvalue weighted by atomic mass is 10.00. The molecule has 0 saturated heterocycles. The molecular formula is C20H17BrFN3O2. The van der Waals surface area contributed by atoms with Crippen molar-refractivity contribution in [2.75, 3.05) is 13.1 Å². The standard InChI is InChI=1S/C20H17BrFN3O2/c21-14-7-16(22)15-9-18(24-17(15)8-14)20(27)23-10-19(26)25-6-5-12-3-1-2-4-13(12)11-25/h1-4,7-9,24H,5-6,10-11H2,(H,23,27). The van der Waals surface area contributed by atoms with Crippen molar-refractivity contribution in [3.63, 3.8) is 0 Å². The Balaban J connectivity index is 1.41. The molecule has 0 spiro atoms. The first-order valence-electron chi connectivity index (χ1n) is 8.62. The van der Waals surface area contributed by atoms with Crippen LogP contribution in [0.1, 0.15) is 21.6 Å². The van der Waals surface area contributed by atoms with Crippen LogP contribution in [-0.4, -0.2) is 34.8 Å². The fourth-order valence-corrected chi connectivity index (χ4v) is 3.78. The van der Waals surface area contributed by atoms with E-state index in [0.29, 0.717) is 28.5 Å². The monoisotopic (exact) mass is 429 g/mol. The van der Waals surface area contributed by atoms with Crippen LogP contribution >= 0.6 is 15.9 Å². The molecule has 1 aliphatic rings. The molecule has 2 amide bonds. The van der Waals surface area contributed by atoms with E-state index in [-0.39, 0.29) is 18.1 Å². The highest BCUT2D eigenvalue weighted by molar-refractivity contribution is 9.10. The van der Waals surface area contributed by atoms with Crippen molar-refractivity contribution in [3.05, 3.63) is 69.6 Å². The Morgan fingerprint density at radius 3 is 2.78 bits per heavy atom. The fourth-order valence-electron chi connectivity index (χ4n) is 3.35. The highest BCUT2D eigenvalue weighted by Crippen LogP contribution is 2.24. The first kappa shape index (κ1) is 17.7. The van der Waals surface area contributed by atoms with E-state index in [2.05, 4.69) is 32.3 Å². The maximum Gasteiger partial charge on any atom is 0.268 e. The Morgan fingerprint density at radius 2 is 1.96 bits per heavy atom. The summed E-state index contributed by atoms with van der Waals surface area (Å²) < 4.78 is 14.5. The Morgan fingerprint density at radius 1 is 1.19 bits per heavy atom. The van der Waals surface area contributed by atoms with E-state index in [4.69, 9.17) is 0 Å². The van der Waals surface area contributed by atoms with E-state index in [9.17, 15) is 14.0 Å². The molecule has 0 fully saturated rings. The normalized spacial score (nSPS) is 13.5. The smallest absolute Gasteiger partial charge is 0.268 e. The van der Waals surface area contributed by atoms with Crippen LogP contribution in [0.4, 0.5) is 4.39 Å². The second-order valence-electron chi connectivity index (χ2n) is 6.55. The highest BCUT2D eigenvalue weighted by Gasteiger charge is 2.21. The van der Waals surface area contributed by atoms with Crippen LogP contribution < -0.4 is 5.32 Å². The molecule has 0 atom stereocenters. The Bertz CT molecular complexity index is 1050. The summed E-state index contributed by atoms with van der Waals surface area (Å²) in [6.07, 6.45) is 0.812. The topological polar surface area (TPSA) is 65.2 Å². The third-order valence-electron chi connectivity index (χ3n) is 4.78. The van der Waals surface area contributed by atoms with Gasteiger partial charge in [0, 0.05) is 22.9 Å². The molecule has 0 unspecified atom stereocenters. The van der Waals surface area contributed by atoms with E-state index in [1.807, 2.05) is 18.2 Å². The third-order valence-corrected chi connectivity index (χ3v) is 5.24. The first-order valence-corrected chi connectivity index (χ1v) is 9.41. The lowest BCUT2D eigenvalue weighted by Crippen LogP contribution is -2.42. The molecule has 0 radical (unpaired) electrons. The predicted octanol–water partition coefficient (Wildman–Crippen LogP) is 3.38. The van der Waals surface area contributed by atoms with Gasteiger partial charge < -0.3 is 15.2 Å². The van der Waals surface area contributed by atoms with E-state index in [1.165, 1.54) is 17.7 Å². The van der Waals surface area contributed by atoms with E-state index >= 15 is 0 Å². The van der Waals surface area contributed by atoms with E-state index in [1.54, 1.807) is 11.0 Å². The van der Waals surface area contributed by atoms with Crippen LogP contribution in [0, 0.1) is 5.82 Å². The fraction of sp³-hybridized carbons (Fsp3) is 0.200. The average molecular weight is 430 g/mol. The third kappa shape index (κ3) is 3.60. The number of nitrogens with zero attached hydrogens (tertiary/aromatic N) is 1. The van der Waals surface area contributed by atoms with Gasteiger partial charge in [-0.3, -0.25) is 9.59 Å². The minimum absolute atomic E-state index is 0.0947. The second kappa shape index (κ2) is 7.15. The summed E-state index contributed by atoms with van der Waals surface area (Å²) in [5.41, 5.74) is 3.14. The number of carbonyl (C=O) groups is 2. The number of rotatable bonds is 3. The molecule has 2 heterocycles. The second-order valence-corrected chi connectivity index (χ2v) is 7.46. The number of amides is 2. The molecule has 5 nitrogen and oxygen atoms in total. The molecule has 3 aromatic rings. The van der Waals surface area contributed by atoms with Crippen LogP contribution in [-0.2, 0) is 17.8 Å². The molecule has 2 aromatic carbocycles. The quantitative estimate of drug-likeness (QED) is 0.669. The van der Waals surface area contributed by atoms with Crippen molar-refractivity contribution in [1.29, 1.82) is 0 Å². The van der Waals surface area contributed by atoms with Gasteiger partial charge in [0.1, 0.15) is 11.5 Å². The Labute approximate surface area is 163 Å². The molecule has 0 aliphatic carbocycles. The number of aromatic nitrogens is 1. The number of H-pyrrole nitrogens is 1. The van der Waals surface area contributed by atoms with Crippen molar-refractivity contribution < 1.29 is 14.0 Å². The minimum Gasteiger partial charge on any atom is -0.350 e. The molecule has 27 heavy (non-hydrogen) atoms. The number of benzene rings is 2. The Hall–Kier alpha value is -2.67. The minimum atomic E-state index is -0.438. The molecule has 1 aliphatic heterocycles. The molecule has 7 heteroatoms. The molecule has 0 bridgehead atoms. The van der Waals surface area contributed by atoms with Gasteiger partial charge in [-0.1, -0.05) is 40.2 Å². The van der Waals surface area contributed by atoms with Gasteiger partial charge in [-0.25, -0.2) is 4.39 Å². The van der Waals surface area contributed by atoms with Crippen LogP contribution in [0.3, 0.4) is 0 Å². The zero-order valence-corrected chi connectivity index (χ0v) is 16.0. The molecule has 4 rings (SSSR count). The van der Waals surface area contributed by atoms with Crippen LogP contribution in [0.25, 0.3) is 10.9 Å². The number of carbonyl (C=O) groups excluding carboxylic acids is 2. The number of hydrogen-bond donors (Lipinski definition) is 2. The molecule has 2 N–H and O–H groups in total. The number of fused-ring (bicyclic) bond motifs is 2. The summed E-state index contributed by atoms with van der Waals surface area (Å²) in [6.45, 7) is 1.09. The maximum atomic E-state index is 14.0. The van der Waals surface area contributed by atoms with Gasteiger partial charge in [0.05, 0.1) is 12.1 Å². The van der Waals surface area contributed by atoms with Crippen molar-refractivity contribution in [3.8, 4) is 0 Å². The number of nitrogens with one attached hydrogen (secondary N) is 2. The van der Waals surface area contributed by atoms with Gasteiger partial charge in [-0.05, 0) is 35.7 Å². The molecule has 138 valence electrons. The van der Waals surface area contributed by atoms with Gasteiger partial charge in [0.25, 0.3) is 5.91 Å². The van der Waals surface area contributed by atoms with Gasteiger partial charge in [0.15, 0.2) is 0 Å². The van der Waals surface area contributed by atoms with Crippen molar-refractivity contribution in [1.82, 2.24) is 15.2 Å². The van der Waals surface area contributed by atoms with Crippen LogP contribution in [0.15, 0.2) is 46.9 Å². The van der Waals surface area contributed by atoms with Gasteiger partial charge in [-0.15, -0.1) is 0 Å². The summed E-state index contributed by atoms with van der Waals surface area (Å²) in [5.74, 6) is -0.992. The number of aromatic amines is 1. The van der Waals surface area contributed by atoms with Gasteiger partial charge in [0.2, 0.25) is 5.91 Å². The SMILES string of the molecule is O=C(NCC(=O)N1CCc2ccccc2C1)c1cc2c(F)cc(Br)cc2[nH]1. The molecular weight excluding hydrogens is 413 g/mol.